The largest absolute Gasteiger partial charge is 0.497 e. The number of methoxy groups -OCH3 is 1. The van der Waals surface area contributed by atoms with E-state index in [4.69, 9.17) is 9.72 Å². The molecule has 2 aromatic heterocycles. The zero-order valence-electron chi connectivity index (χ0n) is 16.9. The zero-order valence-corrected chi connectivity index (χ0v) is 18.5. The monoisotopic (exact) mass is 443 g/mol. The second-order valence-electron chi connectivity index (χ2n) is 6.85. The van der Waals surface area contributed by atoms with Gasteiger partial charge in [0, 0.05) is 31.0 Å². The van der Waals surface area contributed by atoms with E-state index in [9.17, 15) is 4.79 Å². The van der Waals surface area contributed by atoms with Crippen LogP contribution in [-0.2, 0) is 0 Å². The number of benzene rings is 2. The van der Waals surface area contributed by atoms with Crippen LogP contribution in [-0.4, -0.2) is 60.1 Å². The number of carbonyl (C=O) groups excluding carboxylic acids is 1. The molecule has 0 aliphatic carbocycles. The molecule has 0 saturated carbocycles. The molecule has 4 rings (SSSR count). The van der Waals surface area contributed by atoms with Crippen molar-refractivity contribution in [3.63, 3.8) is 0 Å². The molecule has 9 heteroatoms. The molecule has 0 atom stereocenters. The van der Waals surface area contributed by atoms with Crippen molar-refractivity contribution in [2.24, 2.45) is 0 Å². The van der Waals surface area contributed by atoms with Crippen LogP contribution in [0.1, 0.15) is 10.4 Å². The lowest BCUT2D eigenvalue weighted by Gasteiger charge is -2.22. The van der Waals surface area contributed by atoms with Gasteiger partial charge in [0.2, 0.25) is 0 Å². The van der Waals surface area contributed by atoms with Gasteiger partial charge < -0.3 is 9.64 Å². The Morgan fingerprint density at radius 3 is 2.47 bits per heavy atom. The number of halogens is 1. The molecule has 0 aliphatic heterocycles. The summed E-state index contributed by atoms with van der Waals surface area (Å²) in [4.78, 5) is 30.5. The second-order valence-corrected chi connectivity index (χ2v) is 7.86. The van der Waals surface area contributed by atoms with Gasteiger partial charge >= 0.3 is 0 Å². The van der Waals surface area contributed by atoms with Crippen molar-refractivity contribution in [2.75, 3.05) is 39.2 Å². The fourth-order valence-electron chi connectivity index (χ4n) is 2.97. The van der Waals surface area contributed by atoms with E-state index in [0.717, 1.165) is 28.0 Å². The minimum absolute atomic E-state index is 0. The number of anilines is 1. The minimum atomic E-state index is -0.106. The third kappa shape index (κ3) is 4.51. The van der Waals surface area contributed by atoms with E-state index < -0.39 is 0 Å². The Hall–Kier alpha value is -2.81. The summed E-state index contributed by atoms with van der Waals surface area (Å²) in [6.07, 6.45) is 3.27. The van der Waals surface area contributed by atoms with Gasteiger partial charge in [-0.1, -0.05) is 11.3 Å². The SMILES string of the molecule is COc1ccc2nc(N(CCN(C)C)C(=O)c3ccc4nccnc4c3)sc2c1.Cl. The summed E-state index contributed by atoms with van der Waals surface area (Å²) in [5, 5.41) is 0.666. The van der Waals surface area contributed by atoms with Crippen LogP contribution < -0.4 is 9.64 Å². The van der Waals surface area contributed by atoms with Gasteiger partial charge in [-0.25, -0.2) is 4.98 Å². The molecule has 0 saturated heterocycles. The van der Waals surface area contributed by atoms with E-state index in [1.807, 2.05) is 43.3 Å². The molecule has 30 heavy (non-hydrogen) atoms. The molecule has 2 aromatic carbocycles. The molecule has 0 N–H and O–H groups in total. The van der Waals surface area contributed by atoms with Crippen LogP contribution in [0, 0.1) is 0 Å². The predicted octanol–water partition coefficient (Wildman–Crippen LogP) is 3.88. The Morgan fingerprint density at radius 1 is 1.00 bits per heavy atom. The molecule has 1 amide bonds. The maximum Gasteiger partial charge on any atom is 0.260 e. The lowest BCUT2D eigenvalue weighted by Crippen LogP contribution is -2.36. The summed E-state index contributed by atoms with van der Waals surface area (Å²) in [5.41, 5.74) is 2.86. The molecule has 0 bridgehead atoms. The number of fused-ring (bicyclic) bond motifs is 2. The van der Waals surface area contributed by atoms with E-state index in [0.29, 0.717) is 22.8 Å². The Kier molecular flexibility index (Phi) is 6.81. The summed E-state index contributed by atoms with van der Waals surface area (Å²) in [7, 11) is 5.60. The van der Waals surface area contributed by atoms with Crippen LogP contribution in [0.15, 0.2) is 48.8 Å². The first kappa shape index (κ1) is 21.9. The van der Waals surface area contributed by atoms with Gasteiger partial charge in [0.25, 0.3) is 5.91 Å². The molecular weight excluding hydrogens is 422 g/mol. The Balaban J connectivity index is 0.00000256. The maximum absolute atomic E-state index is 13.4. The second kappa shape index (κ2) is 9.34. The van der Waals surface area contributed by atoms with Crippen LogP contribution >= 0.6 is 23.7 Å². The normalized spacial score (nSPS) is 10.9. The van der Waals surface area contributed by atoms with Crippen molar-refractivity contribution in [1.29, 1.82) is 0 Å². The van der Waals surface area contributed by atoms with Crippen LogP contribution in [0.25, 0.3) is 21.3 Å². The third-order valence-corrected chi connectivity index (χ3v) is 5.59. The van der Waals surface area contributed by atoms with E-state index in [-0.39, 0.29) is 18.3 Å². The van der Waals surface area contributed by atoms with Gasteiger partial charge in [0.05, 0.1) is 28.4 Å². The standard InChI is InChI=1S/C21H21N5O2S.ClH/c1-25(2)10-11-26(21-24-17-7-5-15(28-3)13-19(17)29-21)20(27)14-4-6-16-18(12-14)23-9-8-22-16;/h4-9,12-13H,10-11H2,1-3H3;1H. The average molecular weight is 444 g/mol. The van der Waals surface area contributed by atoms with Crippen molar-refractivity contribution >= 4 is 56.0 Å². The maximum atomic E-state index is 13.4. The zero-order chi connectivity index (χ0) is 20.4. The number of thiazole rings is 1. The Bertz CT molecular complexity index is 1180. The summed E-state index contributed by atoms with van der Waals surface area (Å²) < 4.78 is 6.29. The molecule has 0 unspecified atom stereocenters. The highest BCUT2D eigenvalue weighted by Gasteiger charge is 2.22. The lowest BCUT2D eigenvalue weighted by molar-refractivity contribution is 0.0985. The fraction of sp³-hybridized carbons (Fsp3) is 0.238. The Morgan fingerprint density at radius 2 is 1.73 bits per heavy atom. The van der Waals surface area contributed by atoms with Gasteiger partial charge in [0.15, 0.2) is 5.13 Å². The van der Waals surface area contributed by atoms with E-state index >= 15 is 0 Å². The van der Waals surface area contributed by atoms with Gasteiger partial charge in [-0.3, -0.25) is 19.7 Å². The Labute approximate surface area is 184 Å². The van der Waals surface area contributed by atoms with Crippen molar-refractivity contribution < 1.29 is 9.53 Å². The van der Waals surface area contributed by atoms with E-state index in [1.165, 1.54) is 11.3 Å². The molecular formula is C21H22ClN5O2S. The number of carbonyl (C=O) groups is 1. The van der Waals surface area contributed by atoms with Crippen LogP contribution in [0.4, 0.5) is 5.13 Å². The fourth-order valence-corrected chi connectivity index (χ4v) is 3.99. The quantitative estimate of drug-likeness (QED) is 0.450. The van der Waals surface area contributed by atoms with Crippen molar-refractivity contribution in [3.05, 3.63) is 54.4 Å². The molecule has 7 nitrogen and oxygen atoms in total. The molecule has 4 aromatic rings. The number of nitrogens with zero attached hydrogens (tertiary/aromatic N) is 5. The minimum Gasteiger partial charge on any atom is -0.497 e. The smallest absolute Gasteiger partial charge is 0.260 e. The van der Waals surface area contributed by atoms with E-state index in [2.05, 4.69) is 9.97 Å². The summed E-state index contributed by atoms with van der Waals surface area (Å²) in [5.74, 6) is 0.664. The summed E-state index contributed by atoms with van der Waals surface area (Å²) >= 11 is 1.48. The van der Waals surface area contributed by atoms with Gasteiger partial charge in [-0.05, 0) is 50.5 Å². The van der Waals surface area contributed by atoms with Crippen LogP contribution in [0.2, 0.25) is 0 Å². The predicted molar refractivity (Wildman–Crippen MR) is 123 cm³/mol. The highest BCUT2D eigenvalue weighted by molar-refractivity contribution is 7.22. The number of hydrogen-bond acceptors (Lipinski definition) is 7. The molecule has 156 valence electrons. The number of aromatic nitrogens is 3. The van der Waals surface area contributed by atoms with E-state index in [1.54, 1.807) is 36.5 Å². The van der Waals surface area contributed by atoms with Crippen molar-refractivity contribution in [3.8, 4) is 5.75 Å². The van der Waals surface area contributed by atoms with Crippen LogP contribution in [0.5, 0.6) is 5.75 Å². The molecule has 0 spiro atoms. The summed E-state index contributed by atoms with van der Waals surface area (Å²) in [6, 6.07) is 11.1. The number of rotatable bonds is 6. The number of ether oxygens (including phenoxy) is 1. The topological polar surface area (TPSA) is 71.5 Å². The van der Waals surface area contributed by atoms with Gasteiger partial charge in [-0.2, -0.15) is 0 Å². The summed E-state index contributed by atoms with van der Waals surface area (Å²) in [6.45, 7) is 1.25. The first-order valence-corrected chi connectivity index (χ1v) is 9.99. The molecule has 0 fully saturated rings. The van der Waals surface area contributed by atoms with Gasteiger partial charge in [0.1, 0.15) is 5.75 Å². The number of hydrogen-bond donors (Lipinski definition) is 0. The van der Waals surface area contributed by atoms with Crippen LogP contribution in [0.3, 0.4) is 0 Å². The van der Waals surface area contributed by atoms with Crippen molar-refractivity contribution in [2.45, 2.75) is 0 Å². The number of likely N-dealkylation sites (N-methyl/N-ethyl adjacent to an activating group) is 1. The molecule has 0 radical (unpaired) electrons. The molecule has 0 aliphatic rings. The van der Waals surface area contributed by atoms with Crippen molar-refractivity contribution in [1.82, 2.24) is 19.9 Å². The number of amides is 1. The lowest BCUT2D eigenvalue weighted by atomic mass is 10.1. The first-order chi connectivity index (χ1) is 14.0. The highest BCUT2D eigenvalue weighted by Crippen LogP contribution is 2.32. The molecule has 2 heterocycles. The highest BCUT2D eigenvalue weighted by atomic mass is 35.5. The first-order valence-electron chi connectivity index (χ1n) is 9.17. The third-order valence-electron chi connectivity index (χ3n) is 4.55. The average Bonchev–Trinajstić information content (AvgIpc) is 3.15. The van der Waals surface area contributed by atoms with Gasteiger partial charge in [-0.15, -0.1) is 12.4 Å².